The van der Waals surface area contributed by atoms with Gasteiger partial charge in [0.25, 0.3) is 0 Å². The summed E-state index contributed by atoms with van der Waals surface area (Å²) >= 11 is 1.38. The summed E-state index contributed by atoms with van der Waals surface area (Å²) in [5.74, 6) is 0.546. The summed E-state index contributed by atoms with van der Waals surface area (Å²) in [4.78, 5) is 16.6. The Labute approximate surface area is 149 Å². The highest BCUT2D eigenvalue weighted by molar-refractivity contribution is 7.89. The van der Waals surface area contributed by atoms with E-state index in [4.69, 9.17) is 4.42 Å². The smallest absolute Gasteiger partial charge is 0.240 e. The Morgan fingerprint density at radius 2 is 1.96 bits per heavy atom. The van der Waals surface area contributed by atoms with E-state index in [1.165, 1.54) is 42.5 Å². The minimum atomic E-state index is -3.67. The lowest BCUT2D eigenvalue weighted by molar-refractivity contribution is 0.101. The van der Waals surface area contributed by atoms with Crippen LogP contribution in [0.15, 0.2) is 52.0 Å². The van der Waals surface area contributed by atoms with Gasteiger partial charge < -0.3 is 4.42 Å². The third-order valence-corrected chi connectivity index (χ3v) is 6.21. The number of aromatic nitrogens is 1. The Morgan fingerprint density at radius 1 is 1.24 bits per heavy atom. The molecular weight excluding hydrogens is 360 g/mol. The van der Waals surface area contributed by atoms with E-state index in [0.29, 0.717) is 16.3 Å². The summed E-state index contributed by atoms with van der Waals surface area (Å²) in [5.41, 5.74) is 1.23. The van der Waals surface area contributed by atoms with Crippen LogP contribution in [0.25, 0.3) is 10.8 Å². The van der Waals surface area contributed by atoms with Gasteiger partial charge >= 0.3 is 0 Å². The predicted octanol–water partition coefficient (Wildman–Crippen LogP) is 3.39. The summed E-state index contributed by atoms with van der Waals surface area (Å²) in [6.07, 6.45) is 1.57. The highest BCUT2D eigenvalue weighted by Gasteiger charge is 2.17. The molecule has 3 aromatic rings. The molecule has 0 aliphatic carbocycles. The van der Waals surface area contributed by atoms with Crippen molar-refractivity contribution >= 4 is 27.1 Å². The van der Waals surface area contributed by atoms with Gasteiger partial charge in [0, 0.05) is 17.0 Å². The number of thiazole rings is 1. The van der Waals surface area contributed by atoms with E-state index in [2.05, 4.69) is 9.71 Å². The normalized spacial score (nSPS) is 11.6. The molecule has 130 valence electrons. The van der Waals surface area contributed by atoms with Crippen LogP contribution in [0, 0.1) is 6.92 Å². The van der Waals surface area contributed by atoms with Gasteiger partial charge in [-0.05, 0) is 38.1 Å². The maximum Gasteiger partial charge on any atom is 0.240 e. The SMILES string of the molecule is CC(=O)c1ccc(S(=O)(=O)NCc2sc(-c3ccco3)nc2C)cc1. The highest BCUT2D eigenvalue weighted by Crippen LogP contribution is 2.28. The second-order valence-electron chi connectivity index (χ2n) is 5.41. The quantitative estimate of drug-likeness (QED) is 0.666. The molecule has 1 N–H and O–H groups in total. The van der Waals surface area contributed by atoms with Gasteiger partial charge in [-0.25, -0.2) is 18.1 Å². The van der Waals surface area contributed by atoms with E-state index in [1.54, 1.807) is 12.3 Å². The third kappa shape index (κ3) is 3.87. The van der Waals surface area contributed by atoms with Gasteiger partial charge in [-0.15, -0.1) is 11.3 Å². The van der Waals surface area contributed by atoms with Crippen molar-refractivity contribution in [2.24, 2.45) is 0 Å². The number of nitrogens with zero attached hydrogens (tertiary/aromatic N) is 1. The molecule has 2 heterocycles. The molecule has 0 fully saturated rings. The van der Waals surface area contributed by atoms with Crippen molar-refractivity contribution in [3.63, 3.8) is 0 Å². The lowest BCUT2D eigenvalue weighted by Crippen LogP contribution is -2.23. The molecule has 0 unspecified atom stereocenters. The zero-order valence-corrected chi connectivity index (χ0v) is 15.3. The third-order valence-electron chi connectivity index (χ3n) is 3.62. The van der Waals surface area contributed by atoms with E-state index in [1.807, 2.05) is 13.0 Å². The fourth-order valence-electron chi connectivity index (χ4n) is 2.21. The number of sulfonamides is 1. The largest absolute Gasteiger partial charge is 0.462 e. The summed E-state index contributed by atoms with van der Waals surface area (Å²) < 4.78 is 32.7. The number of Topliss-reactive ketones (excluding diaryl/α,β-unsaturated/α-hetero) is 1. The lowest BCUT2D eigenvalue weighted by atomic mass is 10.2. The van der Waals surface area contributed by atoms with Crippen LogP contribution >= 0.6 is 11.3 Å². The molecule has 8 heteroatoms. The zero-order valence-electron chi connectivity index (χ0n) is 13.6. The highest BCUT2D eigenvalue weighted by atomic mass is 32.2. The monoisotopic (exact) mass is 376 g/mol. The Hall–Kier alpha value is -2.29. The Morgan fingerprint density at radius 3 is 2.56 bits per heavy atom. The maximum atomic E-state index is 12.4. The van der Waals surface area contributed by atoms with Crippen LogP contribution in [-0.2, 0) is 16.6 Å². The Balaban J connectivity index is 1.75. The number of benzene rings is 1. The second kappa shape index (κ2) is 6.91. The van der Waals surface area contributed by atoms with E-state index >= 15 is 0 Å². The molecular formula is C17H16N2O4S2. The van der Waals surface area contributed by atoms with Crippen LogP contribution in [0.4, 0.5) is 0 Å². The minimum Gasteiger partial charge on any atom is -0.462 e. The molecule has 0 aliphatic rings. The lowest BCUT2D eigenvalue weighted by Gasteiger charge is -2.06. The van der Waals surface area contributed by atoms with Crippen molar-refractivity contribution in [1.29, 1.82) is 0 Å². The second-order valence-corrected chi connectivity index (χ2v) is 8.26. The van der Waals surface area contributed by atoms with Crippen molar-refractivity contribution in [2.75, 3.05) is 0 Å². The van der Waals surface area contributed by atoms with Gasteiger partial charge in [-0.1, -0.05) is 12.1 Å². The summed E-state index contributed by atoms with van der Waals surface area (Å²) in [5, 5.41) is 0.711. The van der Waals surface area contributed by atoms with Crippen molar-refractivity contribution in [3.8, 4) is 10.8 Å². The standard InChI is InChI=1S/C17H16N2O4S2/c1-11-16(24-17(19-11)15-4-3-9-23-15)10-18-25(21,22)14-7-5-13(6-8-14)12(2)20/h3-9,18H,10H2,1-2H3. The van der Waals surface area contributed by atoms with Crippen LogP contribution in [-0.4, -0.2) is 19.2 Å². The molecule has 0 saturated carbocycles. The average Bonchev–Trinajstić information content (AvgIpc) is 3.23. The number of hydrogen-bond donors (Lipinski definition) is 1. The first-order valence-corrected chi connectivity index (χ1v) is 9.77. The van der Waals surface area contributed by atoms with Gasteiger partial charge in [-0.3, -0.25) is 4.79 Å². The molecule has 6 nitrogen and oxygen atoms in total. The van der Waals surface area contributed by atoms with Crippen LogP contribution < -0.4 is 4.72 Å². The molecule has 2 aromatic heterocycles. The van der Waals surface area contributed by atoms with Crippen LogP contribution in [0.3, 0.4) is 0 Å². The first-order chi connectivity index (χ1) is 11.9. The fraction of sp³-hybridized carbons (Fsp3) is 0.176. The molecule has 25 heavy (non-hydrogen) atoms. The number of nitrogens with one attached hydrogen (secondary N) is 1. The molecule has 0 aliphatic heterocycles. The molecule has 0 radical (unpaired) electrons. The van der Waals surface area contributed by atoms with Gasteiger partial charge in [0.1, 0.15) is 0 Å². The van der Waals surface area contributed by atoms with E-state index in [-0.39, 0.29) is 17.2 Å². The van der Waals surface area contributed by atoms with E-state index in [0.717, 1.165) is 10.6 Å². The van der Waals surface area contributed by atoms with Crippen molar-refractivity contribution in [3.05, 3.63) is 58.8 Å². The number of aryl methyl sites for hydroxylation is 1. The minimum absolute atomic E-state index is 0.109. The first-order valence-electron chi connectivity index (χ1n) is 7.47. The van der Waals surface area contributed by atoms with Gasteiger partial charge in [-0.2, -0.15) is 0 Å². The fourth-order valence-corrected chi connectivity index (χ4v) is 4.27. The number of furan rings is 1. The van der Waals surface area contributed by atoms with E-state index < -0.39 is 10.0 Å². The molecule has 0 spiro atoms. The zero-order chi connectivity index (χ0) is 18.0. The van der Waals surface area contributed by atoms with Crippen molar-refractivity contribution in [1.82, 2.24) is 9.71 Å². The first kappa shape index (κ1) is 17.5. The molecule has 1 aromatic carbocycles. The Bertz CT molecular complexity index is 988. The Kier molecular flexibility index (Phi) is 4.85. The maximum absolute atomic E-state index is 12.4. The van der Waals surface area contributed by atoms with Gasteiger partial charge in [0.15, 0.2) is 16.6 Å². The van der Waals surface area contributed by atoms with Crippen molar-refractivity contribution < 1.29 is 17.6 Å². The van der Waals surface area contributed by atoms with Crippen LogP contribution in [0.1, 0.15) is 27.9 Å². The van der Waals surface area contributed by atoms with E-state index in [9.17, 15) is 13.2 Å². The molecule has 3 rings (SSSR count). The topological polar surface area (TPSA) is 89.3 Å². The summed E-state index contributed by atoms with van der Waals surface area (Å²) in [7, 11) is -3.67. The molecule has 0 saturated heterocycles. The summed E-state index contributed by atoms with van der Waals surface area (Å²) in [6.45, 7) is 3.40. The molecule has 0 amide bonds. The van der Waals surface area contributed by atoms with Crippen LogP contribution in [0.2, 0.25) is 0 Å². The predicted molar refractivity (Wildman–Crippen MR) is 95.0 cm³/mol. The molecule has 0 bridgehead atoms. The van der Waals surface area contributed by atoms with Crippen LogP contribution in [0.5, 0.6) is 0 Å². The number of rotatable bonds is 6. The summed E-state index contributed by atoms with van der Waals surface area (Å²) in [6, 6.07) is 9.44. The number of ketones is 1. The van der Waals surface area contributed by atoms with Gasteiger partial charge in [0.2, 0.25) is 10.0 Å². The number of hydrogen-bond acceptors (Lipinski definition) is 6. The average molecular weight is 376 g/mol. The molecule has 0 atom stereocenters. The van der Waals surface area contributed by atoms with Crippen molar-refractivity contribution in [2.45, 2.75) is 25.3 Å². The number of carbonyl (C=O) groups excluding carboxylic acids is 1. The number of carbonyl (C=O) groups is 1. The van der Waals surface area contributed by atoms with Gasteiger partial charge in [0.05, 0.1) is 16.9 Å².